The molecule has 0 radical (unpaired) electrons. The maximum atomic E-state index is 11.6. The van der Waals surface area contributed by atoms with E-state index < -0.39 is 7.60 Å². The van der Waals surface area contributed by atoms with Crippen molar-refractivity contribution in [2.75, 3.05) is 25.9 Å². The van der Waals surface area contributed by atoms with Gasteiger partial charge in [0.05, 0.1) is 19.4 Å². The molecule has 0 saturated heterocycles. The van der Waals surface area contributed by atoms with E-state index in [1.54, 1.807) is 31.2 Å². The highest BCUT2D eigenvalue weighted by Crippen LogP contribution is 2.42. The summed E-state index contributed by atoms with van der Waals surface area (Å²) in [5.41, 5.74) is 0.975. The molecule has 0 aliphatic rings. The van der Waals surface area contributed by atoms with Crippen LogP contribution in [0.5, 0.6) is 5.75 Å². The minimum Gasteiger partial charge on any atom is -0.508 e. The fraction of sp³-hybridized carbons (Fsp3) is 0.533. The van der Waals surface area contributed by atoms with Crippen LogP contribution < -0.4 is 0 Å². The molecule has 23 heavy (non-hydrogen) atoms. The molecule has 130 valence electrons. The zero-order valence-electron chi connectivity index (χ0n) is 13.5. The minimum atomic E-state index is -3.57. The summed E-state index contributed by atoms with van der Waals surface area (Å²) in [5.74, 6) is -0.0670. The summed E-state index contributed by atoms with van der Waals surface area (Å²) in [4.78, 5) is 26.4. The lowest BCUT2D eigenvalue weighted by Crippen LogP contribution is -2.31. The number of carbonyl (C=O) groups is 1. The van der Waals surface area contributed by atoms with E-state index in [0.29, 0.717) is 19.4 Å². The molecule has 0 aliphatic carbocycles. The lowest BCUT2D eigenvalue weighted by molar-refractivity contribution is -0.183. The molecule has 1 atom stereocenters. The Morgan fingerprint density at radius 3 is 2.52 bits per heavy atom. The molecule has 0 aromatic heterocycles. The Balaban J connectivity index is 2.36. The molecule has 0 spiro atoms. The Kier molecular flexibility index (Phi) is 8.26. The van der Waals surface area contributed by atoms with E-state index in [4.69, 9.17) is 9.36 Å². The monoisotopic (exact) mass is 345 g/mol. The maximum Gasteiger partial charge on any atom is 0.328 e. The molecular formula is C15H24NO6P. The topological polar surface area (TPSA) is 96.3 Å². The van der Waals surface area contributed by atoms with Crippen molar-refractivity contribution in [1.82, 2.24) is 5.06 Å². The van der Waals surface area contributed by atoms with Crippen molar-refractivity contribution in [3.63, 3.8) is 0 Å². The van der Waals surface area contributed by atoms with Crippen LogP contribution in [0, 0.1) is 0 Å². The number of rotatable bonds is 10. The van der Waals surface area contributed by atoms with Gasteiger partial charge in [-0.3, -0.25) is 14.2 Å². The Hall–Kier alpha value is -1.40. The van der Waals surface area contributed by atoms with Crippen molar-refractivity contribution in [2.45, 2.75) is 26.7 Å². The highest BCUT2D eigenvalue weighted by molar-refractivity contribution is 7.52. The third-order valence-electron chi connectivity index (χ3n) is 3.06. The van der Waals surface area contributed by atoms with E-state index in [2.05, 4.69) is 0 Å². The zero-order valence-corrected chi connectivity index (χ0v) is 14.4. The zero-order chi connectivity index (χ0) is 17.3. The predicted molar refractivity (Wildman–Crippen MR) is 86.1 cm³/mol. The smallest absolute Gasteiger partial charge is 0.328 e. The molecule has 1 amide bonds. The summed E-state index contributed by atoms with van der Waals surface area (Å²) in [6, 6.07) is 6.73. The molecule has 1 rings (SSSR count). The van der Waals surface area contributed by atoms with E-state index in [9.17, 15) is 19.4 Å². The highest BCUT2D eigenvalue weighted by atomic mass is 31.2. The van der Waals surface area contributed by atoms with Crippen LogP contribution in [0.25, 0.3) is 0 Å². The fourth-order valence-electron chi connectivity index (χ4n) is 1.93. The molecule has 0 heterocycles. The molecule has 7 nitrogen and oxygen atoms in total. The van der Waals surface area contributed by atoms with Gasteiger partial charge < -0.3 is 14.5 Å². The van der Waals surface area contributed by atoms with Gasteiger partial charge in [-0.2, -0.15) is 0 Å². The second-order valence-corrected chi connectivity index (χ2v) is 6.98. The molecule has 0 fully saturated rings. The van der Waals surface area contributed by atoms with Gasteiger partial charge in [0.25, 0.3) is 0 Å². The van der Waals surface area contributed by atoms with Gasteiger partial charge >= 0.3 is 7.60 Å². The normalized spacial score (nSPS) is 13.5. The first-order valence-electron chi connectivity index (χ1n) is 7.49. The van der Waals surface area contributed by atoms with E-state index in [-0.39, 0.29) is 31.0 Å². The lowest BCUT2D eigenvalue weighted by Gasteiger charge is -2.21. The number of carbonyl (C=O) groups excluding carboxylic acids is 1. The van der Waals surface area contributed by atoms with Crippen LogP contribution in [0.3, 0.4) is 0 Å². The van der Waals surface area contributed by atoms with E-state index >= 15 is 0 Å². The minimum absolute atomic E-state index is 0.0219. The Morgan fingerprint density at radius 2 is 1.96 bits per heavy atom. The van der Waals surface area contributed by atoms with Crippen molar-refractivity contribution >= 4 is 13.5 Å². The van der Waals surface area contributed by atoms with Crippen LogP contribution >= 0.6 is 7.60 Å². The Morgan fingerprint density at radius 1 is 1.30 bits per heavy atom. The molecule has 0 aliphatic heterocycles. The van der Waals surface area contributed by atoms with Crippen LogP contribution in [0.15, 0.2) is 24.3 Å². The van der Waals surface area contributed by atoms with Crippen LogP contribution in [0.1, 0.15) is 25.8 Å². The van der Waals surface area contributed by atoms with Gasteiger partial charge in [0.15, 0.2) is 0 Å². The first-order chi connectivity index (χ1) is 10.8. The first kappa shape index (κ1) is 19.6. The molecular weight excluding hydrogens is 321 g/mol. The Labute approximate surface area is 136 Å². The fourth-order valence-corrected chi connectivity index (χ4v) is 3.00. The number of hydrogen-bond donors (Lipinski definition) is 2. The predicted octanol–water partition coefficient (Wildman–Crippen LogP) is 2.33. The van der Waals surface area contributed by atoms with Gasteiger partial charge in [0.2, 0.25) is 5.91 Å². The van der Waals surface area contributed by atoms with Crippen molar-refractivity contribution in [2.24, 2.45) is 0 Å². The second-order valence-electron chi connectivity index (χ2n) is 5.00. The van der Waals surface area contributed by atoms with Crippen LogP contribution in [-0.2, 0) is 25.1 Å². The number of nitrogens with zero attached hydrogens (tertiary/aromatic N) is 1. The van der Waals surface area contributed by atoms with E-state index in [0.717, 1.165) is 5.56 Å². The average Bonchev–Trinajstić information content (AvgIpc) is 2.47. The molecule has 0 bridgehead atoms. The number of phenols is 1. The first-order valence-corrected chi connectivity index (χ1v) is 9.25. The Bertz CT molecular complexity index is 533. The quantitative estimate of drug-likeness (QED) is 0.499. The number of phenolic OH excluding ortho intramolecular Hbond substituents is 1. The summed E-state index contributed by atoms with van der Waals surface area (Å²) in [5, 5.41) is 10.4. The van der Waals surface area contributed by atoms with Crippen molar-refractivity contribution < 1.29 is 28.7 Å². The molecule has 2 N–H and O–H groups in total. The number of aromatic hydroxyl groups is 1. The molecule has 1 aromatic rings. The molecule has 0 saturated carbocycles. The highest BCUT2D eigenvalue weighted by Gasteiger charge is 2.19. The summed E-state index contributed by atoms with van der Waals surface area (Å²) >= 11 is 0. The van der Waals surface area contributed by atoms with Gasteiger partial charge in [0, 0.05) is 13.5 Å². The van der Waals surface area contributed by atoms with Crippen molar-refractivity contribution in [1.29, 1.82) is 0 Å². The van der Waals surface area contributed by atoms with Gasteiger partial charge in [0.1, 0.15) is 5.75 Å². The summed E-state index contributed by atoms with van der Waals surface area (Å²) in [6.07, 6.45) is 0.875. The van der Waals surface area contributed by atoms with Crippen molar-refractivity contribution in [3.05, 3.63) is 29.8 Å². The molecule has 1 aromatic carbocycles. The lowest BCUT2D eigenvalue weighted by atomic mass is 10.1. The second kappa shape index (κ2) is 9.67. The standard InChI is InChI=1S/C15H24NO6P/c1-3-22-23(19,20)12-4-10-16(13(2)17)21-11-9-14-5-7-15(18)8-6-14/h5-8,18H,3-4,9-12H2,1-2H3,(H,19,20). The number of benzene rings is 1. The summed E-state index contributed by atoms with van der Waals surface area (Å²) in [7, 11) is -3.57. The largest absolute Gasteiger partial charge is 0.508 e. The van der Waals surface area contributed by atoms with Crippen LogP contribution in [0.2, 0.25) is 0 Å². The summed E-state index contributed by atoms with van der Waals surface area (Å²) in [6.45, 7) is 3.72. The van der Waals surface area contributed by atoms with Crippen LogP contribution in [0.4, 0.5) is 0 Å². The third-order valence-corrected chi connectivity index (χ3v) is 4.60. The van der Waals surface area contributed by atoms with Gasteiger partial charge in [-0.1, -0.05) is 12.1 Å². The average molecular weight is 345 g/mol. The van der Waals surface area contributed by atoms with Crippen molar-refractivity contribution in [3.8, 4) is 5.75 Å². The van der Waals surface area contributed by atoms with E-state index in [1.165, 1.54) is 12.0 Å². The SMILES string of the molecule is CCOP(=O)(O)CCCN(OCCc1ccc(O)cc1)C(C)=O. The number of amides is 1. The van der Waals surface area contributed by atoms with Gasteiger partial charge in [-0.15, -0.1) is 0 Å². The van der Waals surface area contributed by atoms with E-state index in [1.807, 2.05) is 0 Å². The van der Waals surface area contributed by atoms with Gasteiger partial charge in [-0.25, -0.2) is 5.06 Å². The molecule has 1 unspecified atom stereocenters. The summed E-state index contributed by atoms with van der Waals surface area (Å²) < 4.78 is 16.3. The maximum absolute atomic E-state index is 11.6. The van der Waals surface area contributed by atoms with Gasteiger partial charge in [-0.05, 0) is 37.5 Å². The number of hydroxylamine groups is 2. The van der Waals surface area contributed by atoms with Crippen LogP contribution in [-0.4, -0.2) is 46.9 Å². The molecule has 8 heteroatoms. The third kappa shape index (κ3) is 8.13. The number of hydrogen-bond acceptors (Lipinski definition) is 5.